The van der Waals surface area contributed by atoms with Crippen LogP contribution in [0.4, 0.5) is 0 Å². The minimum absolute atomic E-state index is 0. The Hall–Kier alpha value is -1.86. The van der Waals surface area contributed by atoms with Crippen LogP contribution in [0.15, 0.2) is 4.99 Å². The first-order chi connectivity index (χ1) is 5.04. The predicted octanol–water partition coefficient (Wildman–Crippen LogP) is 1.62. The fourth-order valence-corrected chi connectivity index (χ4v) is 0.404. The summed E-state index contributed by atoms with van der Waals surface area (Å²) in [6, 6.07) is 0. The van der Waals surface area contributed by atoms with Crippen molar-refractivity contribution in [1.82, 2.24) is 0 Å². The summed E-state index contributed by atoms with van der Waals surface area (Å²) in [6.07, 6.45) is 1.93. The summed E-state index contributed by atoms with van der Waals surface area (Å²) in [6.45, 7) is 5.64. The molecule has 0 radical (unpaired) electrons. The van der Waals surface area contributed by atoms with Gasteiger partial charge in [-0.3, -0.25) is 9.79 Å². The molecule has 74 valence electrons. The van der Waals surface area contributed by atoms with Crippen molar-refractivity contribution in [3.8, 4) is 0 Å². The van der Waals surface area contributed by atoms with Gasteiger partial charge in [0.1, 0.15) is 0 Å². The molecule has 0 saturated carbocycles. The van der Waals surface area contributed by atoms with Crippen molar-refractivity contribution in [3.05, 3.63) is 0 Å². The van der Waals surface area contributed by atoms with Crippen molar-refractivity contribution in [2.24, 2.45) is 10.4 Å². The largest absolute Gasteiger partial charge is 0.414 e. The molecule has 0 fully saturated rings. The van der Waals surface area contributed by atoms with Crippen molar-refractivity contribution in [2.45, 2.75) is 27.2 Å². The number of carbonyl (C=O) groups is 1. The zero-order chi connectivity index (χ0) is 8.91. The van der Waals surface area contributed by atoms with Gasteiger partial charge in [-0.25, -0.2) is 0 Å². The van der Waals surface area contributed by atoms with Gasteiger partial charge in [0, 0.05) is 7.05 Å². The van der Waals surface area contributed by atoms with E-state index in [1.54, 1.807) is 7.05 Å². The monoisotopic (exact) mass is 406 g/mol. The number of ether oxygens (including phenoxy) is 1. The van der Waals surface area contributed by atoms with Crippen LogP contribution in [0.2, 0.25) is 0 Å². The molecule has 0 unspecified atom stereocenters. The van der Waals surface area contributed by atoms with Crippen LogP contribution in [-0.4, -0.2) is 19.4 Å². The smallest absolute Gasteiger partial charge is 0.317 e. The van der Waals surface area contributed by atoms with Crippen molar-refractivity contribution < 1.29 is 9.53 Å². The average molecular weight is 408 g/mol. The molecule has 0 amide bonds. The van der Waals surface area contributed by atoms with E-state index in [1.807, 2.05) is 20.8 Å². The molecule has 3 nitrogen and oxygen atoms in total. The zero-order valence-corrected chi connectivity index (χ0v) is 10.5. The summed E-state index contributed by atoms with van der Waals surface area (Å²) in [5.41, 5.74) is -0.402. The predicted molar refractivity (Wildman–Crippen MR) is 44.6 cm³/mol. The summed E-state index contributed by atoms with van der Waals surface area (Å²) < 4.78 is 4.72. The third kappa shape index (κ3) is 3.34. The molecular weight excluding hydrogens is 393 g/mol. The molecule has 0 aromatic heterocycles. The topological polar surface area (TPSA) is 38.7 Å². The molecule has 0 N–H and O–H groups in total. The molecule has 0 spiro atoms. The summed E-state index contributed by atoms with van der Waals surface area (Å²) in [5.74, 6) is -0.231. The Kier molecular flexibility index (Phi) is 5.20. The van der Waals surface area contributed by atoms with Crippen LogP contribution >= 0.6 is 0 Å². The Morgan fingerprint density at radius 1 is 1.58 bits per heavy atom. The number of carbonyl (C=O) groups excluding carboxylic acids is 1. The maximum Gasteiger partial charge on any atom is 0.317 e. The zero-order valence-electron chi connectivity index (χ0n) is 7.86. The SMILES string of the molecule is CCC(C)(C)C(=O)OC=NC.[Cf]. The van der Waals surface area contributed by atoms with E-state index >= 15 is 0 Å². The molecule has 0 bridgehead atoms. The van der Waals surface area contributed by atoms with Crippen molar-refractivity contribution >= 4 is 12.4 Å². The summed E-state index contributed by atoms with van der Waals surface area (Å²) in [5, 5.41) is 0. The van der Waals surface area contributed by atoms with E-state index in [4.69, 9.17) is 4.74 Å². The first-order valence-corrected chi connectivity index (χ1v) is 3.66. The Labute approximate surface area is 67.5 Å². The molecular formula is C8H15CfNO2. The summed E-state index contributed by atoms with van der Waals surface area (Å²) >= 11 is 0. The Balaban J connectivity index is 0. The molecule has 0 aromatic rings. The van der Waals surface area contributed by atoms with E-state index < -0.39 is 5.41 Å². The average Bonchev–Trinajstić information content (AvgIpc) is 2.00. The fraction of sp³-hybridized carbons (Fsp3) is 0.750. The number of nitrogens with zero attached hydrogens (tertiary/aromatic N) is 1. The van der Waals surface area contributed by atoms with Gasteiger partial charge in [0.05, 0.1) is 5.41 Å². The van der Waals surface area contributed by atoms with Crippen LogP contribution in [0.1, 0.15) is 27.2 Å². The van der Waals surface area contributed by atoms with E-state index in [9.17, 15) is 4.79 Å². The van der Waals surface area contributed by atoms with E-state index in [0.29, 0.717) is 0 Å². The number of aliphatic imine (C=N–C) groups is 1. The van der Waals surface area contributed by atoms with Crippen LogP contribution in [0.3, 0.4) is 0 Å². The third-order valence-electron chi connectivity index (χ3n) is 1.70. The standard InChI is InChI=1S/C8H15NO2.Cf/c1-5-8(2,3)7(10)11-6-9-4;/h6H,5H2,1-4H3;. The van der Waals surface area contributed by atoms with Crippen LogP contribution in [0.25, 0.3) is 0 Å². The molecule has 4 heteroatoms. The quantitative estimate of drug-likeness (QED) is 0.405. The van der Waals surface area contributed by atoms with E-state index in [0.717, 1.165) is 6.42 Å². The molecule has 0 atom stereocenters. The van der Waals surface area contributed by atoms with Crippen molar-refractivity contribution in [2.75, 3.05) is 7.05 Å². The maximum absolute atomic E-state index is 11.1. The minimum Gasteiger partial charge on any atom is -0.414 e. The second kappa shape index (κ2) is 4.88. The van der Waals surface area contributed by atoms with Crippen LogP contribution in [0.5, 0.6) is 0 Å². The molecule has 0 aliphatic heterocycles. The number of hydrogen-bond donors (Lipinski definition) is 0. The van der Waals surface area contributed by atoms with Crippen LogP contribution in [0, 0.1) is 5.41 Å². The minimum atomic E-state index is -0.402. The molecule has 0 heterocycles. The first kappa shape index (κ1) is 12.8. The van der Waals surface area contributed by atoms with Gasteiger partial charge in [-0.15, -0.1) is 0 Å². The van der Waals surface area contributed by atoms with Crippen LogP contribution in [-0.2, 0) is 9.53 Å². The second-order valence-electron chi connectivity index (χ2n) is 3.01. The normalized spacial score (nSPS) is 11.0. The molecule has 0 aromatic carbocycles. The van der Waals surface area contributed by atoms with E-state index in [2.05, 4.69) is 4.99 Å². The third-order valence-corrected chi connectivity index (χ3v) is 1.70. The number of esters is 1. The van der Waals surface area contributed by atoms with Gasteiger partial charge in [-0.05, 0) is 20.3 Å². The summed E-state index contributed by atoms with van der Waals surface area (Å²) in [4.78, 5) is 14.7. The maximum atomic E-state index is 11.1. The second-order valence-corrected chi connectivity index (χ2v) is 3.01. The van der Waals surface area contributed by atoms with E-state index in [-0.39, 0.29) is 5.97 Å². The van der Waals surface area contributed by atoms with Crippen molar-refractivity contribution in [3.63, 3.8) is 0 Å². The molecule has 0 rings (SSSR count). The Morgan fingerprint density at radius 2 is 2.08 bits per heavy atom. The van der Waals surface area contributed by atoms with E-state index in [1.165, 1.54) is 6.40 Å². The molecule has 0 saturated heterocycles. The first-order valence-electron chi connectivity index (χ1n) is 3.66. The molecule has 0 aliphatic carbocycles. The van der Waals surface area contributed by atoms with Gasteiger partial charge in [-0.2, -0.15) is 0 Å². The summed E-state index contributed by atoms with van der Waals surface area (Å²) in [7, 11) is 1.56. The van der Waals surface area contributed by atoms with Gasteiger partial charge in [0.25, 0.3) is 0 Å². The fourth-order valence-electron chi connectivity index (χ4n) is 0.404. The van der Waals surface area contributed by atoms with Crippen molar-refractivity contribution in [1.29, 1.82) is 0 Å². The van der Waals surface area contributed by atoms with Gasteiger partial charge >= 0.3 is 5.97 Å². The number of rotatable bonds is 3. The Morgan fingerprint density at radius 3 is 2.42 bits per heavy atom. The number of hydrogen-bond acceptors (Lipinski definition) is 3. The van der Waals surface area contributed by atoms with Gasteiger partial charge in [0.2, 0.25) is 0 Å². The van der Waals surface area contributed by atoms with Gasteiger partial charge in [-0.1, -0.05) is 6.92 Å². The molecule has 12 heavy (non-hydrogen) atoms. The van der Waals surface area contributed by atoms with Gasteiger partial charge < -0.3 is 4.74 Å². The van der Waals surface area contributed by atoms with Crippen LogP contribution < -0.4 is 0 Å². The molecule has 0 aliphatic rings. The van der Waals surface area contributed by atoms with Gasteiger partial charge in [0.15, 0.2) is 6.40 Å². The Bertz CT molecular complexity index is 166.